The predicted octanol–water partition coefficient (Wildman–Crippen LogP) is 2.67. The van der Waals surface area contributed by atoms with Gasteiger partial charge in [-0.15, -0.1) is 11.3 Å². The largest absolute Gasteiger partial charge is 0.480 e. The summed E-state index contributed by atoms with van der Waals surface area (Å²) in [6, 6.07) is 11.2. The zero-order valence-electron chi connectivity index (χ0n) is 16.6. The van der Waals surface area contributed by atoms with Crippen molar-refractivity contribution in [3.63, 3.8) is 0 Å². The Bertz CT molecular complexity index is 1310. The summed E-state index contributed by atoms with van der Waals surface area (Å²) < 4.78 is 0.909. The summed E-state index contributed by atoms with van der Waals surface area (Å²) in [7, 11) is 1.35. The van der Waals surface area contributed by atoms with E-state index in [0.29, 0.717) is 5.01 Å². The first-order valence-corrected chi connectivity index (χ1v) is 10.7. The number of hydrogen-bond acceptors (Lipinski definition) is 6. The molecular formula is C21H15ClN4O5S. The van der Waals surface area contributed by atoms with E-state index in [1.54, 1.807) is 0 Å². The van der Waals surface area contributed by atoms with Gasteiger partial charge in [0.1, 0.15) is 11.6 Å². The van der Waals surface area contributed by atoms with Gasteiger partial charge in [0.05, 0.1) is 22.4 Å². The minimum atomic E-state index is -2.01. The van der Waals surface area contributed by atoms with Gasteiger partial charge in [-0.25, -0.2) is 9.78 Å². The summed E-state index contributed by atoms with van der Waals surface area (Å²) in [5.74, 6) is -2.81. The molecule has 5 rings (SSSR count). The van der Waals surface area contributed by atoms with Crippen LogP contribution >= 0.6 is 22.9 Å². The van der Waals surface area contributed by atoms with Gasteiger partial charge in [-0.05, 0) is 30.3 Å². The van der Waals surface area contributed by atoms with Crippen molar-refractivity contribution in [2.24, 2.45) is 0 Å². The standard InChI is InChI=1S/C21H15ClN4O5S/c1-24-20(31)26(9-16-23-13-4-2-3-5-15(13)32-16)19(30)21(24)12-8-11(22)6-7-14(12)25(18(21)29)10-17(27)28/h2-8H,9-10H2,1H3,(H,27,28). The Hall–Kier alpha value is -3.50. The highest BCUT2D eigenvalue weighted by atomic mass is 35.5. The number of imide groups is 1. The lowest BCUT2D eigenvalue weighted by Gasteiger charge is -2.27. The van der Waals surface area contributed by atoms with Crippen LogP contribution in [0.4, 0.5) is 10.5 Å². The molecule has 4 amide bonds. The third-order valence-electron chi connectivity index (χ3n) is 5.69. The molecule has 3 aromatic rings. The van der Waals surface area contributed by atoms with Gasteiger partial charge in [-0.3, -0.25) is 24.2 Å². The van der Waals surface area contributed by atoms with Crippen LogP contribution in [0.2, 0.25) is 5.02 Å². The Morgan fingerprint density at radius 2 is 1.84 bits per heavy atom. The average molecular weight is 471 g/mol. The number of nitrogens with zero attached hydrogens (tertiary/aromatic N) is 4. The van der Waals surface area contributed by atoms with Crippen molar-refractivity contribution >= 4 is 62.7 Å². The number of aromatic nitrogens is 1. The molecule has 11 heteroatoms. The SMILES string of the molecule is CN1C(=O)N(Cc2nc3ccccc3s2)C(=O)C12C(=O)N(CC(=O)O)c1ccc(Cl)cc12. The van der Waals surface area contributed by atoms with Crippen LogP contribution in [-0.2, 0) is 26.5 Å². The van der Waals surface area contributed by atoms with Crippen molar-refractivity contribution < 1.29 is 24.3 Å². The van der Waals surface area contributed by atoms with E-state index in [0.717, 1.165) is 24.9 Å². The topological polar surface area (TPSA) is 111 Å². The summed E-state index contributed by atoms with van der Waals surface area (Å²) in [6.07, 6.45) is 0. The molecule has 1 spiro atoms. The van der Waals surface area contributed by atoms with E-state index in [1.807, 2.05) is 24.3 Å². The maximum Gasteiger partial charge on any atom is 0.328 e. The van der Waals surface area contributed by atoms with Gasteiger partial charge in [0.15, 0.2) is 0 Å². The summed E-state index contributed by atoms with van der Waals surface area (Å²) in [5, 5.41) is 10.1. The minimum Gasteiger partial charge on any atom is -0.480 e. The van der Waals surface area contributed by atoms with Gasteiger partial charge < -0.3 is 10.0 Å². The zero-order valence-corrected chi connectivity index (χ0v) is 18.2. The number of carboxylic acids is 1. The molecule has 0 saturated carbocycles. The summed E-state index contributed by atoms with van der Waals surface area (Å²) in [5.41, 5.74) is -0.847. The van der Waals surface area contributed by atoms with E-state index in [2.05, 4.69) is 4.98 Å². The van der Waals surface area contributed by atoms with Crippen molar-refractivity contribution in [1.82, 2.24) is 14.8 Å². The Labute approximate surface area is 190 Å². The molecule has 9 nitrogen and oxygen atoms in total. The summed E-state index contributed by atoms with van der Waals surface area (Å²) in [6.45, 7) is -0.756. The molecule has 0 aliphatic carbocycles. The Balaban J connectivity index is 1.60. The van der Waals surface area contributed by atoms with Gasteiger partial charge in [0.25, 0.3) is 11.8 Å². The molecule has 32 heavy (non-hydrogen) atoms. The van der Waals surface area contributed by atoms with E-state index in [4.69, 9.17) is 11.6 Å². The lowest BCUT2D eigenvalue weighted by atomic mass is 9.90. The monoisotopic (exact) mass is 470 g/mol. The minimum absolute atomic E-state index is 0.106. The summed E-state index contributed by atoms with van der Waals surface area (Å²) in [4.78, 5) is 59.2. The first kappa shape index (κ1) is 20.4. The fourth-order valence-electron chi connectivity index (χ4n) is 4.29. The fourth-order valence-corrected chi connectivity index (χ4v) is 5.42. The number of amides is 4. The van der Waals surface area contributed by atoms with Crippen LogP contribution in [0.5, 0.6) is 0 Å². The molecule has 1 aromatic heterocycles. The second-order valence-corrected chi connectivity index (χ2v) is 9.02. The molecule has 2 aromatic carbocycles. The molecule has 2 aliphatic heterocycles. The predicted molar refractivity (Wildman–Crippen MR) is 116 cm³/mol. The first-order chi connectivity index (χ1) is 15.2. The number of carboxylic acid groups (broad SMARTS) is 1. The second-order valence-electron chi connectivity index (χ2n) is 7.47. The first-order valence-electron chi connectivity index (χ1n) is 9.53. The number of anilines is 1. The fraction of sp³-hybridized carbons (Fsp3) is 0.190. The number of benzene rings is 2. The van der Waals surface area contributed by atoms with Crippen molar-refractivity contribution in [1.29, 1.82) is 0 Å². The number of likely N-dealkylation sites (N-methyl/N-ethyl adjacent to an activating group) is 1. The maximum absolute atomic E-state index is 13.7. The third-order valence-corrected chi connectivity index (χ3v) is 6.95. The molecule has 1 atom stereocenters. The highest BCUT2D eigenvalue weighted by Gasteiger charge is 2.67. The Kier molecular flexibility index (Phi) is 4.47. The lowest BCUT2D eigenvalue weighted by molar-refractivity contribution is -0.143. The van der Waals surface area contributed by atoms with Crippen LogP contribution < -0.4 is 4.90 Å². The number of para-hydroxylation sites is 1. The number of urea groups is 1. The number of fused-ring (bicyclic) bond motifs is 3. The van der Waals surface area contributed by atoms with Crippen molar-refractivity contribution in [3.8, 4) is 0 Å². The molecule has 162 valence electrons. The van der Waals surface area contributed by atoms with Gasteiger partial charge in [-0.1, -0.05) is 23.7 Å². The molecule has 3 heterocycles. The van der Waals surface area contributed by atoms with Gasteiger partial charge >= 0.3 is 12.0 Å². The van der Waals surface area contributed by atoms with E-state index >= 15 is 0 Å². The molecular weight excluding hydrogens is 456 g/mol. The smallest absolute Gasteiger partial charge is 0.328 e. The van der Waals surface area contributed by atoms with E-state index < -0.39 is 35.9 Å². The van der Waals surface area contributed by atoms with Gasteiger partial charge in [0, 0.05) is 17.6 Å². The van der Waals surface area contributed by atoms with Crippen molar-refractivity contribution in [3.05, 3.63) is 58.1 Å². The van der Waals surface area contributed by atoms with Crippen LogP contribution in [-0.4, -0.2) is 57.3 Å². The van der Waals surface area contributed by atoms with E-state index in [-0.39, 0.29) is 22.8 Å². The molecule has 1 N–H and O–H groups in total. The third kappa shape index (κ3) is 2.66. The number of aliphatic carboxylic acids is 1. The zero-order chi connectivity index (χ0) is 22.8. The van der Waals surface area contributed by atoms with Crippen LogP contribution in [0.3, 0.4) is 0 Å². The van der Waals surface area contributed by atoms with E-state index in [9.17, 15) is 24.3 Å². The molecule has 1 saturated heterocycles. The molecule has 2 aliphatic rings. The number of carbonyl (C=O) groups excluding carboxylic acids is 3. The Morgan fingerprint density at radius 3 is 2.56 bits per heavy atom. The summed E-state index contributed by atoms with van der Waals surface area (Å²) >= 11 is 7.49. The van der Waals surface area contributed by atoms with Gasteiger partial charge in [-0.2, -0.15) is 0 Å². The van der Waals surface area contributed by atoms with E-state index in [1.165, 1.54) is 36.6 Å². The molecule has 0 bridgehead atoms. The van der Waals surface area contributed by atoms with Crippen LogP contribution in [0.15, 0.2) is 42.5 Å². The highest BCUT2D eigenvalue weighted by molar-refractivity contribution is 7.18. The highest BCUT2D eigenvalue weighted by Crippen LogP contribution is 2.49. The maximum atomic E-state index is 13.7. The number of rotatable bonds is 4. The van der Waals surface area contributed by atoms with Crippen molar-refractivity contribution in [2.75, 3.05) is 18.5 Å². The number of hydrogen-bond donors (Lipinski definition) is 1. The van der Waals surface area contributed by atoms with Gasteiger partial charge in [0.2, 0.25) is 5.54 Å². The molecule has 1 fully saturated rings. The molecule has 0 radical (unpaired) electrons. The van der Waals surface area contributed by atoms with Crippen LogP contribution in [0.25, 0.3) is 10.2 Å². The Morgan fingerprint density at radius 1 is 1.12 bits per heavy atom. The quantitative estimate of drug-likeness (QED) is 0.463. The lowest BCUT2D eigenvalue weighted by Crippen LogP contribution is -2.53. The van der Waals surface area contributed by atoms with Crippen LogP contribution in [0, 0.1) is 0 Å². The second kappa shape index (κ2) is 7.01. The van der Waals surface area contributed by atoms with Crippen LogP contribution in [0.1, 0.15) is 10.6 Å². The number of carbonyl (C=O) groups is 4. The number of thiazole rings is 1. The average Bonchev–Trinajstić information content (AvgIpc) is 3.32. The number of halogens is 1. The molecule has 1 unspecified atom stereocenters. The normalized spacial score (nSPS) is 20.2. The van der Waals surface area contributed by atoms with Crippen molar-refractivity contribution in [2.45, 2.75) is 12.1 Å².